The molecule has 118 valence electrons. The highest BCUT2D eigenvalue weighted by atomic mass is 16.1. The van der Waals surface area contributed by atoms with Gasteiger partial charge in [0.05, 0.1) is 6.42 Å². The second-order valence-electron chi connectivity index (χ2n) is 5.72. The van der Waals surface area contributed by atoms with Crippen molar-refractivity contribution < 1.29 is 4.79 Å². The van der Waals surface area contributed by atoms with Crippen molar-refractivity contribution in [1.82, 2.24) is 14.3 Å². The minimum Gasteiger partial charge on any atom is -0.319 e. The van der Waals surface area contributed by atoms with Gasteiger partial charge in [-0.05, 0) is 43.7 Å². The van der Waals surface area contributed by atoms with Crippen LogP contribution >= 0.6 is 0 Å². The first kappa shape index (κ1) is 15.1. The van der Waals surface area contributed by atoms with Crippen LogP contribution in [-0.2, 0) is 18.3 Å². The van der Waals surface area contributed by atoms with Crippen molar-refractivity contribution in [2.45, 2.75) is 20.3 Å². The summed E-state index contributed by atoms with van der Waals surface area (Å²) in [6.45, 7) is 4.17. The number of carbonyl (C=O) groups is 1. The monoisotopic (exact) mass is 308 g/mol. The Kier molecular flexibility index (Phi) is 4.02. The van der Waals surface area contributed by atoms with Crippen LogP contribution in [-0.4, -0.2) is 20.3 Å². The number of hydrogen-bond acceptors (Lipinski definition) is 2. The third-order valence-corrected chi connectivity index (χ3v) is 3.81. The summed E-state index contributed by atoms with van der Waals surface area (Å²) >= 11 is 0. The molecule has 0 spiro atoms. The number of hydrogen-bond donors (Lipinski definition) is 1. The number of anilines is 1. The Bertz CT molecular complexity index is 808. The summed E-state index contributed by atoms with van der Waals surface area (Å²) in [5.74, 6) is 0.512. The molecule has 0 atom stereocenters. The van der Waals surface area contributed by atoms with Gasteiger partial charge in [0.15, 0.2) is 5.82 Å². The molecular weight excluding hydrogens is 288 g/mol. The van der Waals surface area contributed by atoms with Crippen molar-refractivity contribution in [3.8, 4) is 5.69 Å². The second-order valence-corrected chi connectivity index (χ2v) is 5.72. The van der Waals surface area contributed by atoms with Crippen molar-refractivity contribution in [2.24, 2.45) is 7.05 Å². The second kappa shape index (κ2) is 6.12. The minimum atomic E-state index is -0.0650. The number of nitrogens with one attached hydrogen (secondary N) is 1. The van der Waals surface area contributed by atoms with Crippen LogP contribution < -0.4 is 5.32 Å². The fourth-order valence-corrected chi connectivity index (χ4v) is 2.69. The van der Waals surface area contributed by atoms with Crippen molar-refractivity contribution in [2.75, 3.05) is 5.32 Å². The molecule has 3 rings (SSSR count). The minimum absolute atomic E-state index is 0.0650. The zero-order chi connectivity index (χ0) is 16.4. The number of carbonyl (C=O) groups excluding carboxylic acids is 1. The highest BCUT2D eigenvalue weighted by Crippen LogP contribution is 2.17. The normalized spacial score (nSPS) is 10.7. The maximum atomic E-state index is 12.0. The van der Waals surface area contributed by atoms with Crippen LogP contribution in [0.25, 0.3) is 5.69 Å². The summed E-state index contributed by atoms with van der Waals surface area (Å²) < 4.78 is 3.85. The van der Waals surface area contributed by atoms with E-state index in [9.17, 15) is 4.79 Å². The Morgan fingerprint density at radius 3 is 2.26 bits per heavy atom. The highest BCUT2D eigenvalue weighted by Gasteiger charge is 2.07. The maximum absolute atomic E-state index is 12.0. The average molecular weight is 308 g/mol. The smallest absolute Gasteiger partial charge is 0.229 e. The summed E-state index contributed by atoms with van der Waals surface area (Å²) in [6, 6.07) is 14.1. The van der Waals surface area contributed by atoms with Crippen LogP contribution in [0.4, 0.5) is 5.82 Å². The van der Waals surface area contributed by atoms with E-state index in [0.29, 0.717) is 12.2 Å². The molecule has 0 bridgehead atoms. The summed E-state index contributed by atoms with van der Waals surface area (Å²) in [5, 5.41) is 6.94. The molecule has 3 aromatic rings. The molecule has 0 aliphatic heterocycles. The molecule has 1 amide bonds. The van der Waals surface area contributed by atoms with Crippen LogP contribution in [0.3, 0.4) is 0 Å². The van der Waals surface area contributed by atoms with E-state index >= 15 is 0 Å². The Hall–Kier alpha value is -2.82. The van der Waals surface area contributed by atoms with E-state index in [1.807, 2.05) is 31.3 Å². The van der Waals surface area contributed by atoms with E-state index in [0.717, 1.165) is 11.3 Å². The predicted octanol–water partition coefficient (Wildman–Crippen LogP) is 3.01. The zero-order valence-corrected chi connectivity index (χ0v) is 13.6. The molecule has 0 fully saturated rings. The van der Waals surface area contributed by atoms with Gasteiger partial charge in [0.1, 0.15) is 0 Å². The van der Waals surface area contributed by atoms with Gasteiger partial charge in [-0.25, -0.2) is 0 Å². The SMILES string of the molecule is Cc1ccc(C)n1-c1ccc(CC(=O)Nc2ccn(C)n2)cc1. The lowest BCUT2D eigenvalue weighted by molar-refractivity contribution is -0.115. The highest BCUT2D eigenvalue weighted by molar-refractivity contribution is 5.91. The van der Waals surface area contributed by atoms with E-state index in [4.69, 9.17) is 0 Å². The van der Waals surface area contributed by atoms with Crippen LogP contribution in [0.2, 0.25) is 0 Å². The number of rotatable bonds is 4. The quantitative estimate of drug-likeness (QED) is 0.805. The Labute approximate surface area is 135 Å². The molecular formula is C18H20N4O. The van der Waals surface area contributed by atoms with Gasteiger partial charge in [0.25, 0.3) is 0 Å². The van der Waals surface area contributed by atoms with E-state index in [1.54, 1.807) is 16.9 Å². The third-order valence-electron chi connectivity index (χ3n) is 3.81. The molecule has 23 heavy (non-hydrogen) atoms. The standard InChI is InChI=1S/C18H20N4O/c1-13-4-5-14(2)22(13)16-8-6-15(7-9-16)12-18(23)19-17-10-11-21(3)20-17/h4-11H,12H2,1-3H3,(H,19,20,23). The predicted molar refractivity (Wildman–Crippen MR) is 90.8 cm³/mol. The van der Waals surface area contributed by atoms with E-state index < -0.39 is 0 Å². The summed E-state index contributed by atoms with van der Waals surface area (Å²) in [7, 11) is 1.82. The van der Waals surface area contributed by atoms with Gasteiger partial charge in [0, 0.05) is 36.4 Å². The van der Waals surface area contributed by atoms with Gasteiger partial charge in [-0.2, -0.15) is 5.10 Å². The molecule has 0 aliphatic rings. The molecule has 1 aromatic carbocycles. The van der Waals surface area contributed by atoms with Crippen molar-refractivity contribution in [1.29, 1.82) is 0 Å². The lowest BCUT2D eigenvalue weighted by Crippen LogP contribution is -2.15. The van der Waals surface area contributed by atoms with Gasteiger partial charge in [-0.3, -0.25) is 9.48 Å². The lowest BCUT2D eigenvalue weighted by atomic mass is 10.1. The number of aromatic nitrogens is 3. The van der Waals surface area contributed by atoms with Crippen LogP contribution in [0, 0.1) is 13.8 Å². The number of benzene rings is 1. The Balaban J connectivity index is 1.69. The van der Waals surface area contributed by atoms with Crippen LogP contribution in [0.5, 0.6) is 0 Å². The molecule has 0 saturated carbocycles. The molecule has 0 radical (unpaired) electrons. The van der Waals surface area contributed by atoms with Gasteiger partial charge in [-0.1, -0.05) is 12.1 Å². The van der Waals surface area contributed by atoms with Crippen LogP contribution in [0.15, 0.2) is 48.7 Å². The lowest BCUT2D eigenvalue weighted by Gasteiger charge is -2.10. The summed E-state index contributed by atoms with van der Waals surface area (Å²) in [6.07, 6.45) is 2.13. The topological polar surface area (TPSA) is 51.9 Å². The van der Waals surface area contributed by atoms with Crippen molar-refractivity contribution in [3.05, 3.63) is 65.6 Å². The molecule has 5 nitrogen and oxygen atoms in total. The first-order valence-electron chi connectivity index (χ1n) is 7.57. The van der Waals surface area contributed by atoms with E-state index in [1.165, 1.54) is 11.4 Å². The van der Waals surface area contributed by atoms with E-state index in [2.05, 4.69) is 41.0 Å². The molecule has 2 aromatic heterocycles. The molecule has 2 heterocycles. The van der Waals surface area contributed by atoms with Gasteiger partial charge >= 0.3 is 0 Å². The fraction of sp³-hybridized carbons (Fsp3) is 0.222. The zero-order valence-electron chi connectivity index (χ0n) is 13.6. The molecule has 0 unspecified atom stereocenters. The van der Waals surface area contributed by atoms with Gasteiger partial charge < -0.3 is 9.88 Å². The first-order valence-corrected chi connectivity index (χ1v) is 7.57. The Morgan fingerprint density at radius 2 is 1.70 bits per heavy atom. The van der Waals surface area contributed by atoms with E-state index in [-0.39, 0.29) is 5.91 Å². The maximum Gasteiger partial charge on any atom is 0.229 e. The largest absolute Gasteiger partial charge is 0.319 e. The molecule has 5 heteroatoms. The Morgan fingerprint density at radius 1 is 1.04 bits per heavy atom. The number of aryl methyl sites for hydroxylation is 3. The van der Waals surface area contributed by atoms with Crippen LogP contribution in [0.1, 0.15) is 17.0 Å². The van der Waals surface area contributed by atoms with Crippen molar-refractivity contribution in [3.63, 3.8) is 0 Å². The van der Waals surface area contributed by atoms with Crippen molar-refractivity contribution >= 4 is 11.7 Å². The summed E-state index contributed by atoms with van der Waals surface area (Å²) in [5.41, 5.74) is 4.48. The average Bonchev–Trinajstić information content (AvgIpc) is 3.06. The molecule has 0 saturated heterocycles. The van der Waals surface area contributed by atoms with Gasteiger partial charge in [0.2, 0.25) is 5.91 Å². The van der Waals surface area contributed by atoms with Gasteiger partial charge in [-0.15, -0.1) is 0 Å². The summed E-state index contributed by atoms with van der Waals surface area (Å²) in [4.78, 5) is 12.0. The third kappa shape index (κ3) is 3.34. The number of nitrogens with zero attached hydrogens (tertiary/aromatic N) is 3. The first-order chi connectivity index (χ1) is 11.0. The number of amides is 1. The fourth-order valence-electron chi connectivity index (χ4n) is 2.69. The molecule has 0 aliphatic carbocycles. The molecule has 1 N–H and O–H groups in total.